The molecule has 0 saturated carbocycles. The number of benzene rings is 2. The van der Waals surface area contributed by atoms with Gasteiger partial charge in [0, 0.05) is 18.2 Å². The highest BCUT2D eigenvalue weighted by molar-refractivity contribution is 5.77. The van der Waals surface area contributed by atoms with Crippen molar-refractivity contribution in [3.63, 3.8) is 0 Å². The molecule has 0 spiro atoms. The van der Waals surface area contributed by atoms with Gasteiger partial charge in [0.05, 0.1) is 5.56 Å². The van der Waals surface area contributed by atoms with E-state index in [4.69, 9.17) is 4.52 Å². The number of likely N-dealkylation sites (tertiary alicyclic amines) is 1. The van der Waals surface area contributed by atoms with Crippen LogP contribution in [0.4, 0.5) is 8.78 Å². The Balaban J connectivity index is 1.18. The van der Waals surface area contributed by atoms with E-state index in [1.165, 1.54) is 43.6 Å². The van der Waals surface area contributed by atoms with Crippen molar-refractivity contribution in [1.82, 2.24) is 25.1 Å². The van der Waals surface area contributed by atoms with Crippen molar-refractivity contribution in [2.75, 3.05) is 13.1 Å². The number of hydrogen-bond acceptors (Lipinski definition) is 5. The van der Waals surface area contributed by atoms with Gasteiger partial charge >= 0.3 is 0 Å². The number of aromatic amines is 1. The van der Waals surface area contributed by atoms with Gasteiger partial charge in [-0.15, -0.1) is 0 Å². The Labute approximate surface area is 200 Å². The number of nitrogens with one attached hydrogen (secondary N) is 1. The van der Waals surface area contributed by atoms with Crippen LogP contribution in [0.25, 0.3) is 33.7 Å². The van der Waals surface area contributed by atoms with Crippen LogP contribution >= 0.6 is 0 Å². The summed E-state index contributed by atoms with van der Waals surface area (Å²) >= 11 is 0. The molecule has 5 aromatic rings. The van der Waals surface area contributed by atoms with Crippen LogP contribution in [-0.2, 0) is 13.1 Å². The van der Waals surface area contributed by atoms with E-state index in [9.17, 15) is 8.78 Å². The molecule has 1 saturated heterocycles. The van der Waals surface area contributed by atoms with Crippen molar-refractivity contribution in [2.24, 2.45) is 0 Å². The Morgan fingerprint density at radius 1 is 1.06 bits per heavy atom. The third-order valence-corrected chi connectivity index (χ3v) is 6.31. The van der Waals surface area contributed by atoms with Crippen molar-refractivity contribution in [3.8, 4) is 22.6 Å². The van der Waals surface area contributed by atoms with Crippen molar-refractivity contribution in [1.29, 1.82) is 0 Å². The first kappa shape index (κ1) is 21.5. The number of hydrogen-bond donors (Lipinski definition) is 1. The van der Waals surface area contributed by atoms with Gasteiger partial charge in [0.15, 0.2) is 11.6 Å². The lowest BCUT2D eigenvalue weighted by Crippen LogP contribution is -2.37. The lowest BCUT2D eigenvalue weighted by atomic mass is 10.1. The molecule has 9 heteroatoms. The summed E-state index contributed by atoms with van der Waals surface area (Å²) in [5.74, 6) is -0.968. The van der Waals surface area contributed by atoms with Gasteiger partial charge in [-0.25, -0.2) is 13.8 Å². The zero-order valence-corrected chi connectivity index (χ0v) is 18.9. The average molecular weight is 474 g/mol. The second-order valence-corrected chi connectivity index (χ2v) is 8.82. The normalized spacial score (nSPS) is 14.2. The summed E-state index contributed by atoms with van der Waals surface area (Å²) < 4.78 is 35.0. The van der Waals surface area contributed by atoms with E-state index < -0.39 is 11.6 Å². The maximum absolute atomic E-state index is 14.2. The minimum Gasteiger partial charge on any atom is -0.354 e. The Bertz CT molecular complexity index is 1490. The summed E-state index contributed by atoms with van der Waals surface area (Å²) in [6.45, 7) is 3.69. The molecule has 1 fully saturated rings. The van der Waals surface area contributed by atoms with E-state index in [0.717, 1.165) is 23.9 Å². The maximum Gasteiger partial charge on any atom is 0.234 e. The topological polar surface area (TPSA) is 74.7 Å². The van der Waals surface area contributed by atoms with Crippen LogP contribution < -0.4 is 4.68 Å². The molecule has 3 aromatic heterocycles. The first-order chi connectivity index (χ1) is 17.1. The molecule has 1 aliphatic heterocycles. The predicted octanol–water partition coefficient (Wildman–Crippen LogP) is 4.49. The lowest BCUT2D eigenvalue weighted by Gasteiger charge is -2.14. The number of nitrogens with zero attached hydrogens (tertiary/aromatic N) is 5. The highest BCUT2D eigenvalue weighted by atomic mass is 19.2. The number of fused-ring (bicyclic) bond motifs is 1. The first-order valence-corrected chi connectivity index (χ1v) is 11.6. The third-order valence-electron chi connectivity index (χ3n) is 6.31. The lowest BCUT2D eigenvalue weighted by molar-refractivity contribution is -0.746. The molecular formula is C26H23F2N6O+. The van der Waals surface area contributed by atoms with Gasteiger partial charge in [-0.05, 0) is 48.7 Å². The second-order valence-electron chi connectivity index (χ2n) is 8.82. The van der Waals surface area contributed by atoms with Crippen LogP contribution in [0.1, 0.15) is 24.2 Å². The Kier molecular flexibility index (Phi) is 5.54. The van der Waals surface area contributed by atoms with Crippen LogP contribution in [0.3, 0.4) is 0 Å². The molecule has 0 unspecified atom stereocenters. The van der Waals surface area contributed by atoms with E-state index in [1.807, 2.05) is 6.07 Å². The van der Waals surface area contributed by atoms with Gasteiger partial charge in [-0.3, -0.25) is 4.90 Å². The zero-order chi connectivity index (χ0) is 23.8. The summed E-state index contributed by atoms with van der Waals surface area (Å²) in [6.07, 6.45) is 5.89. The van der Waals surface area contributed by atoms with Gasteiger partial charge in [-0.1, -0.05) is 40.2 Å². The van der Waals surface area contributed by atoms with Crippen LogP contribution in [0.15, 0.2) is 65.4 Å². The van der Waals surface area contributed by atoms with E-state index in [0.29, 0.717) is 23.3 Å². The van der Waals surface area contributed by atoms with Crippen molar-refractivity contribution >= 4 is 11.0 Å². The summed E-state index contributed by atoms with van der Waals surface area (Å²) in [7, 11) is 0. The smallest absolute Gasteiger partial charge is 0.234 e. The monoisotopic (exact) mass is 473 g/mol. The van der Waals surface area contributed by atoms with Crippen molar-refractivity contribution in [2.45, 2.75) is 25.9 Å². The highest BCUT2D eigenvalue weighted by Gasteiger charge is 2.18. The molecule has 0 atom stereocenters. The molecule has 0 aliphatic carbocycles. The minimum atomic E-state index is -0.939. The molecule has 0 amide bonds. The molecule has 1 N–H and O–H groups in total. The molecular weight excluding hydrogens is 450 g/mol. The number of imidazole rings is 1. The van der Waals surface area contributed by atoms with Crippen molar-refractivity contribution in [3.05, 3.63) is 83.9 Å². The van der Waals surface area contributed by atoms with Gasteiger partial charge in [0.25, 0.3) is 0 Å². The quantitative estimate of drug-likeness (QED) is 0.368. The van der Waals surface area contributed by atoms with Crippen LogP contribution in [0.2, 0.25) is 0 Å². The maximum atomic E-state index is 14.2. The first-order valence-electron chi connectivity index (χ1n) is 11.6. The van der Waals surface area contributed by atoms with E-state index in [2.05, 4.69) is 49.4 Å². The van der Waals surface area contributed by atoms with E-state index >= 15 is 0 Å². The van der Waals surface area contributed by atoms with E-state index in [1.54, 1.807) is 17.1 Å². The number of halogens is 2. The largest absolute Gasteiger partial charge is 0.354 e. The van der Waals surface area contributed by atoms with Crippen LogP contribution in [0, 0.1) is 11.6 Å². The van der Waals surface area contributed by atoms with E-state index in [-0.39, 0.29) is 11.4 Å². The SMILES string of the molecule is Fc1cccc(-c2nc3cn[n+](Cc4cc(-c5ccc(CN6CCCC6)cc5)no4)cc3[nH]2)c1F. The summed E-state index contributed by atoms with van der Waals surface area (Å²) in [5, 5.41) is 8.58. The third kappa shape index (κ3) is 4.42. The molecule has 176 valence electrons. The van der Waals surface area contributed by atoms with Crippen molar-refractivity contribution < 1.29 is 18.0 Å². The fraction of sp³-hybridized carbons (Fsp3) is 0.231. The number of H-pyrrole nitrogens is 1. The summed E-state index contributed by atoms with van der Waals surface area (Å²) in [6, 6.07) is 14.3. The van der Waals surface area contributed by atoms with Crippen LogP contribution in [0.5, 0.6) is 0 Å². The fourth-order valence-electron chi connectivity index (χ4n) is 4.47. The molecule has 0 bridgehead atoms. The van der Waals surface area contributed by atoms with Gasteiger partial charge in [-0.2, -0.15) is 0 Å². The Morgan fingerprint density at radius 2 is 1.89 bits per heavy atom. The van der Waals surface area contributed by atoms with Gasteiger partial charge < -0.3 is 9.51 Å². The van der Waals surface area contributed by atoms with Gasteiger partial charge in [0.2, 0.25) is 18.5 Å². The average Bonchev–Trinajstić information content (AvgIpc) is 3.63. The fourth-order valence-corrected chi connectivity index (χ4v) is 4.47. The number of rotatable bonds is 6. The molecule has 7 nitrogen and oxygen atoms in total. The summed E-state index contributed by atoms with van der Waals surface area (Å²) in [4.78, 5) is 9.85. The van der Waals surface area contributed by atoms with Crippen LogP contribution in [-0.4, -0.2) is 38.2 Å². The standard InChI is InChI=1S/C26H22F2N6O/c27-21-5-3-4-20(25(21)28)26-30-23-13-29-34(16-24(23)31-26)15-19-12-22(32-35-19)18-8-6-17(7-9-18)14-33-10-1-2-11-33/h3-9,12-13,16H,1-2,10-11,14-15H2/p+1. The predicted molar refractivity (Wildman–Crippen MR) is 125 cm³/mol. The molecule has 6 rings (SSSR count). The molecule has 35 heavy (non-hydrogen) atoms. The second kappa shape index (κ2) is 8.99. The molecule has 2 aromatic carbocycles. The molecule has 1 aliphatic rings. The molecule has 0 radical (unpaired) electrons. The minimum absolute atomic E-state index is 0.0686. The molecule has 4 heterocycles. The number of aromatic nitrogens is 5. The highest BCUT2D eigenvalue weighted by Crippen LogP contribution is 2.24. The Morgan fingerprint density at radius 3 is 2.71 bits per heavy atom. The summed E-state index contributed by atoms with van der Waals surface area (Å²) in [5.41, 5.74) is 4.32. The van der Waals surface area contributed by atoms with Gasteiger partial charge in [0.1, 0.15) is 28.7 Å². The Hall–Kier alpha value is -3.98. The zero-order valence-electron chi connectivity index (χ0n) is 18.9.